The van der Waals surface area contributed by atoms with E-state index in [-0.39, 0.29) is 11.6 Å². The highest BCUT2D eigenvalue weighted by molar-refractivity contribution is 5.70. The molecular formula is C15H30N2O2. The normalized spacial score (nSPS) is 21.1. The number of ether oxygens (including phenoxy) is 1. The molecule has 112 valence electrons. The number of likely N-dealkylation sites (N-methyl/N-ethyl adjacent to an activating group) is 1. The Hall–Kier alpha value is -0.610. The van der Waals surface area contributed by atoms with Crippen molar-refractivity contribution in [1.82, 2.24) is 9.80 Å². The van der Waals surface area contributed by atoms with Crippen molar-refractivity contribution in [2.45, 2.75) is 59.1 Å². The molecule has 1 saturated heterocycles. The van der Waals surface area contributed by atoms with Gasteiger partial charge >= 0.3 is 5.97 Å². The molecule has 0 radical (unpaired) electrons. The number of carbonyl (C=O) groups excluding carboxylic acids is 1. The standard InChI is InChI=1S/C15H30N2O2/c1-6-17(7-2)13-8-10-16(12-13)11-9-14(18)19-15(3,4)5/h13H,6-12H2,1-5H3. The maximum absolute atomic E-state index is 11.7. The van der Waals surface area contributed by atoms with Crippen LogP contribution in [-0.4, -0.2) is 60.1 Å². The molecule has 1 atom stereocenters. The van der Waals surface area contributed by atoms with Crippen LogP contribution in [0.1, 0.15) is 47.5 Å². The van der Waals surface area contributed by atoms with E-state index in [4.69, 9.17) is 4.74 Å². The summed E-state index contributed by atoms with van der Waals surface area (Å²) in [4.78, 5) is 16.6. The number of likely N-dealkylation sites (tertiary alicyclic amines) is 1. The number of hydrogen-bond donors (Lipinski definition) is 0. The highest BCUT2D eigenvalue weighted by Crippen LogP contribution is 2.16. The minimum absolute atomic E-state index is 0.0845. The second-order valence-corrected chi connectivity index (χ2v) is 6.30. The summed E-state index contributed by atoms with van der Waals surface area (Å²) in [7, 11) is 0. The van der Waals surface area contributed by atoms with Crippen LogP contribution in [0.25, 0.3) is 0 Å². The molecule has 1 rings (SSSR count). The van der Waals surface area contributed by atoms with Crippen LogP contribution in [0, 0.1) is 0 Å². The molecule has 0 aromatic carbocycles. The fraction of sp³-hybridized carbons (Fsp3) is 0.933. The number of esters is 1. The zero-order chi connectivity index (χ0) is 14.5. The van der Waals surface area contributed by atoms with Gasteiger partial charge in [-0.05, 0) is 46.8 Å². The average molecular weight is 270 g/mol. The molecule has 0 N–H and O–H groups in total. The molecule has 1 fully saturated rings. The van der Waals surface area contributed by atoms with Crippen LogP contribution in [0.3, 0.4) is 0 Å². The molecule has 1 aliphatic heterocycles. The van der Waals surface area contributed by atoms with Gasteiger partial charge in [-0.1, -0.05) is 13.8 Å². The molecule has 0 saturated carbocycles. The van der Waals surface area contributed by atoms with Crippen molar-refractivity contribution < 1.29 is 9.53 Å². The summed E-state index contributed by atoms with van der Waals surface area (Å²) in [6, 6.07) is 0.661. The molecule has 0 aliphatic carbocycles. The van der Waals surface area contributed by atoms with E-state index < -0.39 is 0 Å². The van der Waals surface area contributed by atoms with Crippen molar-refractivity contribution in [3.05, 3.63) is 0 Å². The van der Waals surface area contributed by atoms with Gasteiger partial charge in [0.25, 0.3) is 0 Å². The summed E-state index contributed by atoms with van der Waals surface area (Å²) in [6.45, 7) is 15.4. The lowest BCUT2D eigenvalue weighted by Crippen LogP contribution is -2.37. The van der Waals surface area contributed by atoms with Gasteiger partial charge in [0, 0.05) is 19.1 Å². The molecule has 4 heteroatoms. The minimum atomic E-state index is -0.369. The largest absolute Gasteiger partial charge is 0.460 e. The second kappa shape index (κ2) is 7.25. The molecule has 0 aromatic heterocycles. The van der Waals surface area contributed by atoms with Crippen molar-refractivity contribution in [2.24, 2.45) is 0 Å². The van der Waals surface area contributed by atoms with E-state index in [1.165, 1.54) is 6.42 Å². The Morgan fingerprint density at radius 3 is 2.47 bits per heavy atom. The Kier molecular flexibility index (Phi) is 6.27. The van der Waals surface area contributed by atoms with E-state index in [0.717, 1.165) is 32.7 Å². The van der Waals surface area contributed by atoms with Crippen molar-refractivity contribution in [2.75, 3.05) is 32.7 Å². The number of hydrogen-bond acceptors (Lipinski definition) is 4. The lowest BCUT2D eigenvalue weighted by atomic mass is 10.2. The van der Waals surface area contributed by atoms with Crippen LogP contribution in [0.15, 0.2) is 0 Å². The number of nitrogens with zero attached hydrogens (tertiary/aromatic N) is 2. The third-order valence-electron chi connectivity index (χ3n) is 3.63. The molecule has 1 aliphatic rings. The SMILES string of the molecule is CCN(CC)C1CCN(CCC(=O)OC(C)(C)C)C1. The second-order valence-electron chi connectivity index (χ2n) is 6.30. The summed E-state index contributed by atoms with van der Waals surface area (Å²) >= 11 is 0. The van der Waals surface area contributed by atoms with Gasteiger partial charge in [-0.15, -0.1) is 0 Å². The Labute approximate surface area is 118 Å². The summed E-state index contributed by atoms with van der Waals surface area (Å²) in [6.07, 6.45) is 1.72. The highest BCUT2D eigenvalue weighted by atomic mass is 16.6. The van der Waals surface area contributed by atoms with Gasteiger partial charge < -0.3 is 9.64 Å². The fourth-order valence-corrected chi connectivity index (χ4v) is 2.70. The Balaban J connectivity index is 2.27. The highest BCUT2D eigenvalue weighted by Gasteiger charge is 2.26. The van der Waals surface area contributed by atoms with E-state index in [2.05, 4.69) is 23.6 Å². The smallest absolute Gasteiger partial charge is 0.307 e. The van der Waals surface area contributed by atoms with Crippen LogP contribution in [0.2, 0.25) is 0 Å². The van der Waals surface area contributed by atoms with Gasteiger partial charge in [-0.3, -0.25) is 9.69 Å². The summed E-state index contributed by atoms with van der Waals surface area (Å²) in [5, 5.41) is 0. The van der Waals surface area contributed by atoms with Crippen molar-refractivity contribution in [3.63, 3.8) is 0 Å². The van der Waals surface area contributed by atoms with Crippen molar-refractivity contribution in [3.8, 4) is 0 Å². The first-order valence-corrected chi connectivity index (χ1v) is 7.54. The first-order chi connectivity index (χ1) is 8.85. The third-order valence-corrected chi connectivity index (χ3v) is 3.63. The molecule has 19 heavy (non-hydrogen) atoms. The van der Waals surface area contributed by atoms with E-state index in [9.17, 15) is 4.79 Å². The van der Waals surface area contributed by atoms with Gasteiger partial charge in [0.1, 0.15) is 5.60 Å². The predicted molar refractivity (Wildman–Crippen MR) is 78.2 cm³/mol. The van der Waals surface area contributed by atoms with Gasteiger partial charge in [-0.2, -0.15) is 0 Å². The zero-order valence-corrected chi connectivity index (χ0v) is 13.2. The molecule has 0 bridgehead atoms. The first-order valence-electron chi connectivity index (χ1n) is 7.54. The predicted octanol–water partition coefficient (Wildman–Crippen LogP) is 2.13. The van der Waals surface area contributed by atoms with Crippen LogP contribution < -0.4 is 0 Å². The van der Waals surface area contributed by atoms with Crippen LogP contribution in [0.4, 0.5) is 0 Å². The average Bonchev–Trinajstić information content (AvgIpc) is 2.75. The number of carbonyl (C=O) groups is 1. The van der Waals surface area contributed by atoms with Gasteiger partial charge in [-0.25, -0.2) is 0 Å². The molecule has 4 nitrogen and oxygen atoms in total. The van der Waals surface area contributed by atoms with Gasteiger partial charge in [0.2, 0.25) is 0 Å². The minimum Gasteiger partial charge on any atom is -0.460 e. The maximum atomic E-state index is 11.7. The van der Waals surface area contributed by atoms with E-state index >= 15 is 0 Å². The van der Waals surface area contributed by atoms with E-state index in [1.54, 1.807) is 0 Å². The molecule has 1 unspecified atom stereocenters. The Morgan fingerprint density at radius 1 is 1.32 bits per heavy atom. The van der Waals surface area contributed by atoms with Crippen molar-refractivity contribution in [1.29, 1.82) is 0 Å². The van der Waals surface area contributed by atoms with E-state index in [1.807, 2.05) is 20.8 Å². The molecular weight excluding hydrogens is 240 g/mol. The van der Waals surface area contributed by atoms with Gasteiger partial charge in [0.15, 0.2) is 0 Å². The van der Waals surface area contributed by atoms with Crippen LogP contribution in [0.5, 0.6) is 0 Å². The summed E-state index contributed by atoms with van der Waals surface area (Å²) in [5.41, 5.74) is -0.369. The Bertz CT molecular complexity index is 282. The third kappa shape index (κ3) is 5.91. The van der Waals surface area contributed by atoms with Crippen LogP contribution >= 0.6 is 0 Å². The summed E-state index contributed by atoms with van der Waals surface area (Å²) < 4.78 is 5.34. The summed E-state index contributed by atoms with van der Waals surface area (Å²) in [5.74, 6) is -0.0845. The van der Waals surface area contributed by atoms with Gasteiger partial charge in [0.05, 0.1) is 6.42 Å². The molecule has 0 spiro atoms. The zero-order valence-electron chi connectivity index (χ0n) is 13.2. The topological polar surface area (TPSA) is 32.8 Å². The first kappa shape index (κ1) is 16.4. The lowest BCUT2D eigenvalue weighted by Gasteiger charge is -2.26. The number of rotatable bonds is 6. The van der Waals surface area contributed by atoms with Crippen molar-refractivity contribution >= 4 is 5.97 Å². The lowest BCUT2D eigenvalue weighted by molar-refractivity contribution is -0.155. The fourth-order valence-electron chi connectivity index (χ4n) is 2.70. The molecule has 0 amide bonds. The molecule has 1 heterocycles. The quantitative estimate of drug-likeness (QED) is 0.692. The maximum Gasteiger partial charge on any atom is 0.307 e. The molecule has 0 aromatic rings. The van der Waals surface area contributed by atoms with Crippen LogP contribution in [-0.2, 0) is 9.53 Å². The van der Waals surface area contributed by atoms with E-state index in [0.29, 0.717) is 12.5 Å². The Morgan fingerprint density at radius 2 is 1.95 bits per heavy atom. The monoisotopic (exact) mass is 270 g/mol.